The van der Waals surface area contributed by atoms with Crippen LogP contribution in [0.2, 0.25) is 0 Å². The molecule has 0 fully saturated rings. The molecular formula is C11H17N3O4. The average Bonchev–Trinajstić information content (AvgIpc) is 2.39. The third-order valence-corrected chi connectivity index (χ3v) is 2.20. The van der Waals surface area contributed by atoms with E-state index in [0.717, 1.165) is 0 Å². The summed E-state index contributed by atoms with van der Waals surface area (Å²) in [6.45, 7) is 0.839. The standard InChI is InChI=1S/C11H17N3O4/c1-17-7-8(15)5-6-12-10-4-3-9(13-14-10)11(16)18-2/h3-4,8,15H,5-7H2,1-2H3,(H,12,14). The van der Waals surface area contributed by atoms with Crippen molar-refractivity contribution in [1.82, 2.24) is 10.2 Å². The van der Waals surface area contributed by atoms with E-state index in [1.54, 1.807) is 6.07 Å². The largest absolute Gasteiger partial charge is 0.464 e. The number of hydrogen-bond acceptors (Lipinski definition) is 7. The van der Waals surface area contributed by atoms with Gasteiger partial charge in [0, 0.05) is 13.7 Å². The highest BCUT2D eigenvalue weighted by Gasteiger charge is 2.07. The van der Waals surface area contributed by atoms with Crippen molar-refractivity contribution in [2.75, 3.05) is 32.7 Å². The van der Waals surface area contributed by atoms with Crippen molar-refractivity contribution in [2.24, 2.45) is 0 Å². The first-order valence-electron chi connectivity index (χ1n) is 5.50. The van der Waals surface area contributed by atoms with Gasteiger partial charge in [-0.25, -0.2) is 4.79 Å². The van der Waals surface area contributed by atoms with Gasteiger partial charge in [0.2, 0.25) is 0 Å². The minimum absolute atomic E-state index is 0.155. The highest BCUT2D eigenvalue weighted by molar-refractivity contribution is 5.86. The molecule has 1 aromatic rings. The molecule has 0 spiro atoms. The molecule has 1 aromatic heterocycles. The monoisotopic (exact) mass is 255 g/mol. The molecule has 100 valence electrons. The van der Waals surface area contributed by atoms with Crippen molar-refractivity contribution < 1.29 is 19.4 Å². The van der Waals surface area contributed by atoms with Gasteiger partial charge >= 0.3 is 5.97 Å². The Hall–Kier alpha value is -1.73. The van der Waals surface area contributed by atoms with Crippen LogP contribution in [0.5, 0.6) is 0 Å². The van der Waals surface area contributed by atoms with Gasteiger partial charge in [-0.05, 0) is 18.6 Å². The zero-order valence-corrected chi connectivity index (χ0v) is 10.4. The van der Waals surface area contributed by atoms with Crippen LogP contribution in [0.25, 0.3) is 0 Å². The van der Waals surface area contributed by atoms with E-state index in [9.17, 15) is 9.90 Å². The van der Waals surface area contributed by atoms with E-state index >= 15 is 0 Å². The number of carbonyl (C=O) groups excluding carboxylic acids is 1. The number of aliphatic hydroxyl groups excluding tert-OH is 1. The van der Waals surface area contributed by atoms with Crippen LogP contribution in [0.3, 0.4) is 0 Å². The van der Waals surface area contributed by atoms with Gasteiger partial charge in [-0.2, -0.15) is 0 Å². The smallest absolute Gasteiger partial charge is 0.358 e. The Balaban J connectivity index is 2.37. The lowest BCUT2D eigenvalue weighted by Gasteiger charge is -2.10. The van der Waals surface area contributed by atoms with E-state index in [2.05, 4.69) is 20.3 Å². The number of hydrogen-bond donors (Lipinski definition) is 2. The predicted octanol–water partition coefficient (Wildman–Crippen LogP) is 0.0725. The molecule has 7 nitrogen and oxygen atoms in total. The molecule has 0 aliphatic rings. The molecule has 1 unspecified atom stereocenters. The highest BCUT2D eigenvalue weighted by Crippen LogP contribution is 2.03. The zero-order chi connectivity index (χ0) is 13.4. The molecule has 0 radical (unpaired) electrons. The quantitative estimate of drug-likeness (QED) is 0.666. The summed E-state index contributed by atoms with van der Waals surface area (Å²) in [5.41, 5.74) is 0.155. The molecule has 2 N–H and O–H groups in total. The molecule has 0 aromatic carbocycles. The predicted molar refractivity (Wildman–Crippen MR) is 64.4 cm³/mol. The van der Waals surface area contributed by atoms with Gasteiger partial charge in [0.15, 0.2) is 5.69 Å². The van der Waals surface area contributed by atoms with Crippen LogP contribution in [0.1, 0.15) is 16.9 Å². The first-order valence-corrected chi connectivity index (χ1v) is 5.50. The van der Waals surface area contributed by atoms with Gasteiger partial charge in [-0.3, -0.25) is 0 Å². The first kappa shape index (κ1) is 14.3. The van der Waals surface area contributed by atoms with Crippen molar-refractivity contribution >= 4 is 11.8 Å². The summed E-state index contributed by atoms with van der Waals surface area (Å²) < 4.78 is 9.31. The summed E-state index contributed by atoms with van der Waals surface area (Å²) in [5.74, 6) is 0.0110. The zero-order valence-electron chi connectivity index (χ0n) is 10.4. The van der Waals surface area contributed by atoms with Crippen LogP contribution in [-0.2, 0) is 9.47 Å². The van der Waals surface area contributed by atoms with E-state index in [0.29, 0.717) is 25.4 Å². The second-order valence-electron chi connectivity index (χ2n) is 3.62. The number of nitrogens with zero attached hydrogens (tertiary/aromatic N) is 2. The Kier molecular flexibility index (Phi) is 6.03. The van der Waals surface area contributed by atoms with Gasteiger partial charge in [0.05, 0.1) is 19.8 Å². The Bertz CT molecular complexity index is 369. The lowest BCUT2D eigenvalue weighted by Crippen LogP contribution is -2.18. The van der Waals surface area contributed by atoms with Gasteiger partial charge in [-0.1, -0.05) is 0 Å². The number of nitrogens with one attached hydrogen (secondary N) is 1. The molecule has 1 heterocycles. The van der Waals surface area contributed by atoms with Gasteiger partial charge in [-0.15, -0.1) is 10.2 Å². The SMILES string of the molecule is COCC(O)CCNc1ccc(C(=O)OC)nn1. The highest BCUT2D eigenvalue weighted by atomic mass is 16.5. The number of rotatable bonds is 7. The molecule has 7 heteroatoms. The Labute approximate surface area is 105 Å². The van der Waals surface area contributed by atoms with Gasteiger partial charge in [0.1, 0.15) is 5.82 Å². The fraction of sp³-hybridized carbons (Fsp3) is 0.545. The van der Waals surface area contributed by atoms with Crippen LogP contribution < -0.4 is 5.32 Å². The van der Waals surface area contributed by atoms with Gasteiger partial charge < -0.3 is 19.9 Å². The molecule has 0 bridgehead atoms. The summed E-state index contributed by atoms with van der Waals surface area (Å²) in [5, 5.41) is 19.9. The average molecular weight is 255 g/mol. The summed E-state index contributed by atoms with van der Waals surface area (Å²) in [6.07, 6.45) is 0.0265. The lowest BCUT2D eigenvalue weighted by atomic mass is 10.2. The number of esters is 1. The fourth-order valence-electron chi connectivity index (χ4n) is 1.28. The molecule has 0 saturated heterocycles. The second kappa shape index (κ2) is 7.57. The molecule has 0 aliphatic heterocycles. The molecule has 1 rings (SSSR count). The molecule has 18 heavy (non-hydrogen) atoms. The first-order chi connectivity index (χ1) is 8.67. The van der Waals surface area contributed by atoms with E-state index in [4.69, 9.17) is 4.74 Å². The Morgan fingerprint density at radius 2 is 2.22 bits per heavy atom. The van der Waals surface area contributed by atoms with Crippen molar-refractivity contribution in [3.8, 4) is 0 Å². The number of methoxy groups -OCH3 is 2. The van der Waals surface area contributed by atoms with Crippen LogP contribution in [-0.4, -0.2) is 54.7 Å². The summed E-state index contributed by atoms with van der Waals surface area (Å²) >= 11 is 0. The third-order valence-electron chi connectivity index (χ3n) is 2.20. The minimum Gasteiger partial charge on any atom is -0.464 e. The summed E-state index contributed by atoms with van der Waals surface area (Å²) in [4.78, 5) is 11.1. The maximum atomic E-state index is 11.1. The normalized spacial score (nSPS) is 11.9. The maximum absolute atomic E-state index is 11.1. The van der Waals surface area contributed by atoms with Crippen LogP contribution in [0.15, 0.2) is 12.1 Å². The lowest BCUT2D eigenvalue weighted by molar-refractivity contribution is 0.0592. The second-order valence-corrected chi connectivity index (χ2v) is 3.62. The third kappa shape index (κ3) is 4.64. The van der Waals surface area contributed by atoms with E-state index < -0.39 is 12.1 Å². The van der Waals surface area contributed by atoms with Crippen LogP contribution in [0, 0.1) is 0 Å². The Morgan fingerprint density at radius 3 is 2.78 bits per heavy atom. The summed E-state index contributed by atoms with van der Waals surface area (Å²) in [7, 11) is 2.82. The topological polar surface area (TPSA) is 93.6 Å². The van der Waals surface area contributed by atoms with Crippen molar-refractivity contribution in [3.63, 3.8) is 0 Å². The molecule has 0 saturated carbocycles. The molecule has 0 amide bonds. The van der Waals surface area contributed by atoms with Crippen molar-refractivity contribution in [1.29, 1.82) is 0 Å². The van der Waals surface area contributed by atoms with Crippen LogP contribution >= 0.6 is 0 Å². The van der Waals surface area contributed by atoms with Crippen molar-refractivity contribution in [3.05, 3.63) is 17.8 Å². The van der Waals surface area contributed by atoms with E-state index in [-0.39, 0.29) is 5.69 Å². The summed E-state index contributed by atoms with van der Waals surface area (Å²) in [6, 6.07) is 3.15. The number of aromatic nitrogens is 2. The van der Waals surface area contributed by atoms with Gasteiger partial charge in [0.25, 0.3) is 0 Å². The van der Waals surface area contributed by atoms with E-state index in [1.165, 1.54) is 20.3 Å². The van der Waals surface area contributed by atoms with Crippen LogP contribution in [0.4, 0.5) is 5.82 Å². The molecule has 0 aliphatic carbocycles. The number of ether oxygens (including phenoxy) is 2. The molecule has 1 atom stereocenters. The number of anilines is 1. The maximum Gasteiger partial charge on any atom is 0.358 e. The Morgan fingerprint density at radius 1 is 1.44 bits per heavy atom. The van der Waals surface area contributed by atoms with E-state index in [1.807, 2.05) is 0 Å². The fourth-order valence-corrected chi connectivity index (χ4v) is 1.28. The molecular weight excluding hydrogens is 238 g/mol. The van der Waals surface area contributed by atoms with Crippen molar-refractivity contribution in [2.45, 2.75) is 12.5 Å². The number of carbonyl (C=O) groups is 1. The number of aliphatic hydroxyl groups is 1. The minimum atomic E-state index is -0.524.